The normalized spacial score (nSPS) is 16.1. The summed E-state index contributed by atoms with van der Waals surface area (Å²) in [7, 11) is 0. The predicted molar refractivity (Wildman–Crippen MR) is 111 cm³/mol. The lowest BCUT2D eigenvalue weighted by atomic mass is 10.2. The van der Waals surface area contributed by atoms with Crippen LogP contribution in [-0.4, -0.2) is 45.9 Å². The number of piperazine rings is 1. The molecule has 2 aromatic carbocycles. The first-order valence-electron chi connectivity index (χ1n) is 9.68. The third-order valence-electron chi connectivity index (χ3n) is 5.36. The number of fused-ring (bicyclic) bond motifs is 2. The molecule has 5 rings (SSSR count). The highest BCUT2D eigenvalue weighted by molar-refractivity contribution is 5.87. The number of hydrogen-bond donors (Lipinski definition) is 1. The molecule has 0 aliphatic carbocycles. The Bertz CT molecular complexity index is 1080. The van der Waals surface area contributed by atoms with Crippen LogP contribution in [0.3, 0.4) is 0 Å². The Kier molecular flexibility index (Phi) is 4.43. The van der Waals surface area contributed by atoms with Gasteiger partial charge in [0, 0.05) is 37.0 Å². The monoisotopic (exact) mass is 373 g/mol. The van der Waals surface area contributed by atoms with Crippen LogP contribution in [0.25, 0.3) is 21.9 Å². The lowest BCUT2D eigenvalue weighted by Crippen LogP contribution is -2.45. The summed E-state index contributed by atoms with van der Waals surface area (Å²) in [5.41, 5.74) is 7.98. The molecule has 1 aliphatic heterocycles. The maximum atomic E-state index is 6.11. The fourth-order valence-corrected chi connectivity index (χ4v) is 3.86. The van der Waals surface area contributed by atoms with Gasteiger partial charge in [-0.2, -0.15) is 0 Å². The van der Waals surface area contributed by atoms with Gasteiger partial charge in [-0.3, -0.25) is 9.80 Å². The first-order chi connectivity index (χ1) is 13.7. The Morgan fingerprint density at radius 1 is 0.857 bits per heavy atom. The molecule has 1 fully saturated rings. The van der Waals surface area contributed by atoms with Gasteiger partial charge in [0.1, 0.15) is 23.0 Å². The molecule has 0 unspecified atom stereocenters. The van der Waals surface area contributed by atoms with Crippen molar-refractivity contribution < 1.29 is 4.42 Å². The number of anilines is 1. The van der Waals surface area contributed by atoms with Crippen molar-refractivity contribution in [2.45, 2.75) is 13.1 Å². The minimum absolute atomic E-state index is 0.559. The van der Waals surface area contributed by atoms with Gasteiger partial charge >= 0.3 is 0 Å². The summed E-state index contributed by atoms with van der Waals surface area (Å²) in [5.74, 6) is 2.38. The van der Waals surface area contributed by atoms with Crippen molar-refractivity contribution in [1.82, 2.24) is 19.8 Å². The number of furan rings is 1. The molecule has 0 radical (unpaired) electrons. The van der Waals surface area contributed by atoms with Crippen LogP contribution in [0.4, 0.5) is 5.82 Å². The largest absolute Gasteiger partial charge is 0.460 e. The van der Waals surface area contributed by atoms with Crippen molar-refractivity contribution in [2.75, 3.05) is 31.9 Å². The third kappa shape index (κ3) is 3.44. The average molecular weight is 373 g/mol. The van der Waals surface area contributed by atoms with Crippen molar-refractivity contribution in [3.8, 4) is 0 Å². The molecule has 6 nitrogen and oxygen atoms in total. The van der Waals surface area contributed by atoms with Crippen LogP contribution in [0.5, 0.6) is 0 Å². The lowest BCUT2D eigenvalue weighted by molar-refractivity contribution is 0.114. The van der Waals surface area contributed by atoms with Crippen molar-refractivity contribution in [3.63, 3.8) is 0 Å². The second kappa shape index (κ2) is 7.22. The molecule has 0 bridgehead atoms. The zero-order valence-electron chi connectivity index (χ0n) is 15.7. The molecule has 1 saturated heterocycles. The van der Waals surface area contributed by atoms with Crippen LogP contribution >= 0.6 is 0 Å². The minimum atomic E-state index is 0.559. The van der Waals surface area contributed by atoms with Crippen LogP contribution in [0.2, 0.25) is 0 Å². The molecule has 0 amide bonds. The van der Waals surface area contributed by atoms with E-state index in [4.69, 9.17) is 10.2 Å². The fraction of sp³-hybridized carbons (Fsp3) is 0.273. The number of aromatic nitrogens is 2. The second-order valence-electron chi connectivity index (χ2n) is 7.35. The third-order valence-corrected chi connectivity index (χ3v) is 5.36. The zero-order chi connectivity index (χ0) is 18.9. The van der Waals surface area contributed by atoms with Gasteiger partial charge in [0.05, 0.1) is 18.6 Å². The van der Waals surface area contributed by atoms with E-state index in [9.17, 15) is 0 Å². The van der Waals surface area contributed by atoms with E-state index in [0.29, 0.717) is 5.82 Å². The van der Waals surface area contributed by atoms with E-state index in [0.717, 1.165) is 67.3 Å². The number of hydrogen-bond acceptors (Lipinski definition) is 6. The highest BCUT2D eigenvalue weighted by Gasteiger charge is 2.19. The predicted octanol–water partition coefficient (Wildman–Crippen LogP) is 3.28. The van der Waals surface area contributed by atoms with Gasteiger partial charge in [-0.25, -0.2) is 9.97 Å². The van der Waals surface area contributed by atoms with Crippen LogP contribution in [0.1, 0.15) is 11.6 Å². The number of nitrogen functional groups attached to an aromatic ring is 1. The van der Waals surface area contributed by atoms with E-state index in [1.54, 1.807) is 0 Å². The minimum Gasteiger partial charge on any atom is -0.460 e. The summed E-state index contributed by atoms with van der Waals surface area (Å²) in [6.07, 6.45) is 0. The maximum Gasteiger partial charge on any atom is 0.145 e. The Labute approximate surface area is 163 Å². The molecule has 4 aromatic rings. The average Bonchev–Trinajstić information content (AvgIpc) is 3.12. The molecule has 0 saturated carbocycles. The second-order valence-corrected chi connectivity index (χ2v) is 7.35. The SMILES string of the molecule is Nc1nc(CN2CCN(Cc3cc4ccccc4o3)CC2)nc2ccccc12. The Morgan fingerprint density at radius 3 is 2.39 bits per heavy atom. The van der Waals surface area contributed by atoms with Gasteiger partial charge in [-0.05, 0) is 24.3 Å². The van der Waals surface area contributed by atoms with E-state index in [1.807, 2.05) is 42.5 Å². The van der Waals surface area contributed by atoms with E-state index in [2.05, 4.69) is 31.9 Å². The summed E-state index contributed by atoms with van der Waals surface area (Å²) in [5, 5.41) is 2.09. The highest BCUT2D eigenvalue weighted by atomic mass is 16.3. The molecule has 6 heteroatoms. The summed E-state index contributed by atoms with van der Waals surface area (Å²) in [4.78, 5) is 14.0. The van der Waals surface area contributed by atoms with Crippen molar-refractivity contribution >= 4 is 27.7 Å². The number of benzene rings is 2. The summed E-state index contributed by atoms with van der Waals surface area (Å²) < 4.78 is 5.96. The van der Waals surface area contributed by atoms with Crippen molar-refractivity contribution in [2.24, 2.45) is 0 Å². The molecular weight excluding hydrogens is 350 g/mol. The van der Waals surface area contributed by atoms with Crippen molar-refractivity contribution in [3.05, 3.63) is 66.2 Å². The number of para-hydroxylation sites is 2. The number of nitrogens with two attached hydrogens (primary N) is 1. The fourth-order valence-electron chi connectivity index (χ4n) is 3.86. The molecule has 142 valence electrons. The Balaban J connectivity index is 1.21. The molecule has 2 N–H and O–H groups in total. The number of rotatable bonds is 4. The summed E-state index contributed by atoms with van der Waals surface area (Å²) in [6.45, 7) is 5.54. The summed E-state index contributed by atoms with van der Waals surface area (Å²) in [6, 6.07) is 18.2. The molecule has 3 heterocycles. The van der Waals surface area contributed by atoms with E-state index < -0.39 is 0 Å². The van der Waals surface area contributed by atoms with Crippen LogP contribution < -0.4 is 5.73 Å². The number of nitrogens with zero attached hydrogens (tertiary/aromatic N) is 4. The van der Waals surface area contributed by atoms with Crippen LogP contribution in [-0.2, 0) is 13.1 Å². The van der Waals surface area contributed by atoms with Crippen LogP contribution in [0, 0.1) is 0 Å². The Morgan fingerprint density at radius 2 is 1.57 bits per heavy atom. The molecule has 28 heavy (non-hydrogen) atoms. The molecular formula is C22H23N5O. The lowest BCUT2D eigenvalue weighted by Gasteiger charge is -2.33. The first kappa shape index (κ1) is 17.2. The Hall–Kier alpha value is -2.96. The maximum absolute atomic E-state index is 6.11. The summed E-state index contributed by atoms with van der Waals surface area (Å²) >= 11 is 0. The van der Waals surface area contributed by atoms with Gasteiger partial charge in [0.2, 0.25) is 0 Å². The van der Waals surface area contributed by atoms with E-state index in [1.165, 1.54) is 5.39 Å². The molecule has 2 aromatic heterocycles. The van der Waals surface area contributed by atoms with Crippen LogP contribution in [0.15, 0.2) is 59.0 Å². The molecule has 1 aliphatic rings. The van der Waals surface area contributed by atoms with Gasteiger partial charge in [0.15, 0.2) is 0 Å². The zero-order valence-corrected chi connectivity index (χ0v) is 15.7. The van der Waals surface area contributed by atoms with Gasteiger partial charge in [-0.1, -0.05) is 30.3 Å². The standard InChI is InChI=1S/C22H23N5O/c23-22-18-6-2-3-7-19(18)24-21(25-22)15-27-11-9-26(10-12-27)14-17-13-16-5-1-4-8-20(16)28-17/h1-8,13H,9-12,14-15H2,(H2,23,24,25). The first-order valence-corrected chi connectivity index (χ1v) is 9.68. The smallest absolute Gasteiger partial charge is 0.145 e. The molecule has 0 atom stereocenters. The van der Waals surface area contributed by atoms with Crippen molar-refractivity contribution in [1.29, 1.82) is 0 Å². The van der Waals surface area contributed by atoms with Gasteiger partial charge in [0.25, 0.3) is 0 Å². The quantitative estimate of drug-likeness (QED) is 0.592. The highest BCUT2D eigenvalue weighted by Crippen LogP contribution is 2.21. The molecule has 0 spiro atoms. The van der Waals surface area contributed by atoms with E-state index in [-0.39, 0.29) is 0 Å². The van der Waals surface area contributed by atoms with Gasteiger partial charge in [-0.15, -0.1) is 0 Å². The topological polar surface area (TPSA) is 71.4 Å². The van der Waals surface area contributed by atoms with Gasteiger partial charge < -0.3 is 10.2 Å². The van der Waals surface area contributed by atoms with E-state index >= 15 is 0 Å².